The molecule has 1 N–H and O–H groups in total. The Labute approximate surface area is 198 Å². The molecule has 0 aliphatic heterocycles. The molecule has 2 aromatic carbocycles. The van der Waals surface area contributed by atoms with E-state index < -0.39 is 0 Å². The summed E-state index contributed by atoms with van der Waals surface area (Å²) in [5, 5.41) is 12.9. The van der Waals surface area contributed by atoms with Crippen molar-refractivity contribution in [2.75, 3.05) is 19.4 Å². The first-order valence-electron chi connectivity index (χ1n) is 10.8. The maximum absolute atomic E-state index is 12.9. The number of aromatic nitrogens is 3. The first-order valence-corrected chi connectivity index (χ1v) is 12.1. The van der Waals surface area contributed by atoms with Crippen molar-refractivity contribution in [3.05, 3.63) is 64.4 Å². The Balaban J connectivity index is 1.56. The van der Waals surface area contributed by atoms with Gasteiger partial charge in [-0.25, -0.2) is 0 Å². The van der Waals surface area contributed by atoms with Gasteiger partial charge in [-0.15, -0.1) is 10.2 Å². The summed E-state index contributed by atoms with van der Waals surface area (Å²) in [5.41, 5.74) is 4.50. The average molecular weight is 470 g/mol. The third kappa shape index (κ3) is 4.85. The highest BCUT2D eigenvalue weighted by atomic mass is 35.5. The van der Waals surface area contributed by atoms with E-state index in [0.717, 1.165) is 30.0 Å². The van der Waals surface area contributed by atoms with Crippen LogP contribution in [0.5, 0.6) is 0 Å². The van der Waals surface area contributed by atoms with Crippen LogP contribution in [0, 0.1) is 0 Å². The van der Waals surface area contributed by atoms with Gasteiger partial charge in [0.05, 0.1) is 11.3 Å². The van der Waals surface area contributed by atoms with Crippen LogP contribution in [0.1, 0.15) is 43.3 Å². The Morgan fingerprint density at radius 2 is 1.81 bits per heavy atom. The SMILES string of the molecule is C[C@H](Sc1nnc([C@H](C)N(C)C)n1-c1ccc(Cl)cc1)C(=O)Nc1ccc2c(c1)CCC2. The molecule has 0 saturated heterocycles. The van der Waals surface area contributed by atoms with Crippen molar-refractivity contribution in [3.8, 4) is 5.69 Å². The molecule has 168 valence electrons. The monoisotopic (exact) mass is 469 g/mol. The van der Waals surface area contributed by atoms with Gasteiger partial charge in [-0.3, -0.25) is 14.3 Å². The molecular formula is C24H28ClN5OS. The number of hydrogen-bond donors (Lipinski definition) is 1. The van der Waals surface area contributed by atoms with Gasteiger partial charge in [-0.2, -0.15) is 0 Å². The Morgan fingerprint density at radius 1 is 1.09 bits per heavy atom. The number of halogens is 1. The van der Waals surface area contributed by atoms with Crippen LogP contribution in [0.25, 0.3) is 5.69 Å². The summed E-state index contributed by atoms with van der Waals surface area (Å²) in [4.78, 5) is 15.0. The van der Waals surface area contributed by atoms with Crippen LogP contribution < -0.4 is 5.32 Å². The molecule has 0 fully saturated rings. The molecule has 0 radical (unpaired) electrons. The predicted octanol–water partition coefficient (Wildman–Crippen LogP) is 5.15. The van der Waals surface area contributed by atoms with E-state index in [1.165, 1.54) is 29.3 Å². The van der Waals surface area contributed by atoms with Gasteiger partial charge in [0.1, 0.15) is 0 Å². The number of thioether (sulfide) groups is 1. The number of carbonyl (C=O) groups excluding carboxylic acids is 1. The quantitative estimate of drug-likeness (QED) is 0.485. The van der Waals surface area contributed by atoms with Crippen molar-refractivity contribution >= 4 is 35.0 Å². The molecule has 8 heteroatoms. The normalized spacial score (nSPS) is 14.9. The summed E-state index contributed by atoms with van der Waals surface area (Å²) in [6.45, 7) is 3.97. The zero-order chi connectivity index (χ0) is 22.8. The Morgan fingerprint density at radius 3 is 2.53 bits per heavy atom. The molecule has 1 aliphatic carbocycles. The summed E-state index contributed by atoms with van der Waals surface area (Å²) >= 11 is 7.49. The molecule has 1 amide bonds. The average Bonchev–Trinajstić information content (AvgIpc) is 3.40. The Bertz CT molecular complexity index is 1110. The van der Waals surface area contributed by atoms with E-state index in [1.807, 2.05) is 55.9 Å². The first-order chi connectivity index (χ1) is 15.3. The minimum absolute atomic E-state index is 0.0445. The number of anilines is 1. The number of benzene rings is 2. The topological polar surface area (TPSA) is 63.1 Å². The summed E-state index contributed by atoms with van der Waals surface area (Å²) < 4.78 is 2.00. The number of nitrogens with zero attached hydrogens (tertiary/aromatic N) is 4. The number of rotatable bonds is 7. The van der Waals surface area contributed by atoms with Gasteiger partial charge >= 0.3 is 0 Å². The number of hydrogen-bond acceptors (Lipinski definition) is 5. The van der Waals surface area contributed by atoms with Gasteiger partial charge in [-0.1, -0.05) is 29.4 Å². The molecular weight excluding hydrogens is 442 g/mol. The summed E-state index contributed by atoms with van der Waals surface area (Å²) in [5.74, 6) is 0.756. The molecule has 0 bridgehead atoms. The van der Waals surface area contributed by atoms with E-state index in [1.54, 1.807) is 0 Å². The maximum atomic E-state index is 12.9. The van der Waals surface area contributed by atoms with Crippen molar-refractivity contribution in [2.45, 2.75) is 49.6 Å². The lowest BCUT2D eigenvalue weighted by atomic mass is 10.1. The van der Waals surface area contributed by atoms with E-state index in [0.29, 0.717) is 10.2 Å². The van der Waals surface area contributed by atoms with Gasteiger partial charge in [0.2, 0.25) is 5.91 Å². The molecule has 32 heavy (non-hydrogen) atoms. The number of fused-ring (bicyclic) bond motifs is 1. The molecule has 4 rings (SSSR count). The summed E-state index contributed by atoms with van der Waals surface area (Å²) in [6, 6.07) is 13.8. The zero-order valence-corrected chi connectivity index (χ0v) is 20.4. The molecule has 1 aliphatic rings. The fourth-order valence-electron chi connectivity index (χ4n) is 3.80. The van der Waals surface area contributed by atoms with Crippen LogP contribution in [0.15, 0.2) is 47.6 Å². The molecule has 6 nitrogen and oxygen atoms in total. The van der Waals surface area contributed by atoms with Crippen molar-refractivity contribution < 1.29 is 4.79 Å². The van der Waals surface area contributed by atoms with E-state index >= 15 is 0 Å². The van der Waals surface area contributed by atoms with Gasteiger partial charge in [-0.05, 0) is 94.7 Å². The van der Waals surface area contributed by atoms with Crippen LogP contribution in [0.4, 0.5) is 5.69 Å². The minimum Gasteiger partial charge on any atom is -0.325 e. The van der Waals surface area contributed by atoms with Crippen molar-refractivity contribution in [1.82, 2.24) is 19.7 Å². The molecule has 0 unspecified atom stereocenters. The van der Waals surface area contributed by atoms with Crippen LogP contribution in [0.2, 0.25) is 5.02 Å². The third-order valence-corrected chi connectivity index (χ3v) is 7.20. The van der Waals surface area contributed by atoms with E-state index in [9.17, 15) is 4.79 Å². The third-order valence-electron chi connectivity index (χ3n) is 5.91. The molecule has 0 saturated carbocycles. The smallest absolute Gasteiger partial charge is 0.237 e. The zero-order valence-electron chi connectivity index (χ0n) is 18.8. The second kappa shape index (κ2) is 9.65. The minimum atomic E-state index is -0.346. The molecule has 3 aromatic rings. The van der Waals surface area contributed by atoms with Crippen molar-refractivity contribution in [2.24, 2.45) is 0 Å². The number of carbonyl (C=O) groups is 1. The molecule has 1 aromatic heterocycles. The number of aryl methyl sites for hydroxylation is 2. The van der Waals surface area contributed by atoms with Gasteiger partial charge < -0.3 is 5.32 Å². The van der Waals surface area contributed by atoms with E-state index in [-0.39, 0.29) is 17.2 Å². The lowest BCUT2D eigenvalue weighted by molar-refractivity contribution is -0.115. The largest absolute Gasteiger partial charge is 0.325 e. The van der Waals surface area contributed by atoms with Gasteiger partial charge in [0, 0.05) is 16.4 Å². The highest BCUT2D eigenvalue weighted by Gasteiger charge is 2.24. The van der Waals surface area contributed by atoms with Gasteiger partial charge in [0.15, 0.2) is 11.0 Å². The standard InChI is InChI=1S/C24H28ClN5OS/c1-15(29(3)4)22-27-28-24(30(22)21-12-9-19(25)10-13-21)32-16(2)23(31)26-20-11-8-17-6-5-7-18(17)14-20/h8-16H,5-7H2,1-4H3,(H,26,31)/t15-,16-/m0/s1. The van der Waals surface area contributed by atoms with Gasteiger partial charge in [0.25, 0.3) is 0 Å². The summed E-state index contributed by atoms with van der Waals surface area (Å²) in [7, 11) is 4.01. The van der Waals surface area contributed by atoms with Crippen molar-refractivity contribution in [1.29, 1.82) is 0 Å². The molecule has 0 spiro atoms. The van der Waals surface area contributed by atoms with Crippen LogP contribution in [-0.2, 0) is 17.6 Å². The van der Waals surface area contributed by atoms with E-state index in [2.05, 4.69) is 39.5 Å². The fraction of sp³-hybridized carbons (Fsp3) is 0.375. The fourth-order valence-corrected chi connectivity index (χ4v) is 4.80. The van der Waals surface area contributed by atoms with E-state index in [4.69, 9.17) is 11.6 Å². The van der Waals surface area contributed by atoms with Crippen LogP contribution >= 0.6 is 23.4 Å². The maximum Gasteiger partial charge on any atom is 0.237 e. The van der Waals surface area contributed by atoms with Crippen LogP contribution in [0.3, 0.4) is 0 Å². The Hall–Kier alpha value is -2.35. The highest BCUT2D eigenvalue weighted by molar-refractivity contribution is 8.00. The molecule has 2 atom stereocenters. The second-order valence-electron chi connectivity index (χ2n) is 8.38. The molecule has 1 heterocycles. The first kappa shape index (κ1) is 22.8. The lowest BCUT2D eigenvalue weighted by Crippen LogP contribution is -2.23. The second-order valence-corrected chi connectivity index (χ2v) is 10.1. The Kier molecular flexibility index (Phi) is 6.88. The summed E-state index contributed by atoms with van der Waals surface area (Å²) in [6.07, 6.45) is 3.40. The predicted molar refractivity (Wildman–Crippen MR) is 131 cm³/mol. The highest BCUT2D eigenvalue weighted by Crippen LogP contribution is 2.31. The lowest BCUT2D eigenvalue weighted by Gasteiger charge is -2.21. The number of amides is 1. The van der Waals surface area contributed by atoms with Crippen molar-refractivity contribution in [3.63, 3.8) is 0 Å². The number of nitrogens with one attached hydrogen (secondary N) is 1. The van der Waals surface area contributed by atoms with Crippen LogP contribution in [-0.4, -0.2) is 44.9 Å².